The van der Waals surface area contributed by atoms with Gasteiger partial charge in [-0.1, -0.05) is 0 Å². The zero-order valence-corrected chi connectivity index (χ0v) is 11.4. The predicted molar refractivity (Wildman–Crippen MR) is 72.0 cm³/mol. The molecular weight excluding hydrogens is 331 g/mol. The molecule has 0 amide bonds. The Bertz CT molecular complexity index is 728. The number of ether oxygens (including phenoxy) is 1. The fourth-order valence-corrected chi connectivity index (χ4v) is 1.86. The Morgan fingerprint density at radius 2 is 1.90 bits per heavy atom. The number of nitro benzene ring substituents is 1. The van der Waals surface area contributed by atoms with Gasteiger partial charge >= 0.3 is 0 Å². The van der Waals surface area contributed by atoms with Crippen molar-refractivity contribution in [3.05, 3.63) is 62.4 Å². The molecule has 100 valence electrons. The van der Waals surface area contributed by atoms with Gasteiger partial charge in [0.15, 0.2) is 0 Å². The minimum atomic E-state index is -0.642. The Hall–Kier alpha value is -2.46. The van der Waals surface area contributed by atoms with Crippen LogP contribution in [0.1, 0.15) is 5.56 Å². The molecule has 0 aliphatic heterocycles. The van der Waals surface area contributed by atoms with Crippen molar-refractivity contribution >= 4 is 21.6 Å². The average Bonchev–Trinajstić information content (AvgIpc) is 2.42. The van der Waals surface area contributed by atoms with E-state index in [1.54, 1.807) is 6.07 Å². The molecule has 0 saturated heterocycles. The van der Waals surface area contributed by atoms with Crippen molar-refractivity contribution in [2.24, 2.45) is 0 Å². The van der Waals surface area contributed by atoms with Gasteiger partial charge in [0.1, 0.15) is 28.9 Å². The van der Waals surface area contributed by atoms with Gasteiger partial charge in [0, 0.05) is 12.1 Å². The highest BCUT2D eigenvalue weighted by Gasteiger charge is 2.14. The molecule has 0 saturated carbocycles. The Morgan fingerprint density at radius 1 is 1.25 bits per heavy atom. The first-order valence-corrected chi connectivity index (χ1v) is 6.12. The van der Waals surface area contributed by atoms with Crippen LogP contribution in [0.25, 0.3) is 0 Å². The highest BCUT2D eigenvalue weighted by molar-refractivity contribution is 9.10. The van der Waals surface area contributed by atoms with E-state index in [0.717, 1.165) is 0 Å². The van der Waals surface area contributed by atoms with Gasteiger partial charge in [-0.05, 0) is 40.2 Å². The van der Waals surface area contributed by atoms with Crippen LogP contribution in [0, 0.1) is 27.3 Å². The van der Waals surface area contributed by atoms with Crippen molar-refractivity contribution in [3.63, 3.8) is 0 Å². The number of rotatable bonds is 3. The van der Waals surface area contributed by atoms with Crippen molar-refractivity contribution < 1.29 is 14.1 Å². The molecule has 0 heterocycles. The zero-order valence-electron chi connectivity index (χ0n) is 9.84. The molecule has 0 aromatic heterocycles. The third-order valence-corrected chi connectivity index (χ3v) is 3.02. The minimum Gasteiger partial charge on any atom is -0.457 e. The van der Waals surface area contributed by atoms with Crippen LogP contribution in [0.15, 0.2) is 40.9 Å². The maximum absolute atomic E-state index is 13.1. The molecule has 0 unspecified atom stereocenters. The molecule has 0 radical (unpaired) electrons. The highest BCUT2D eigenvalue weighted by Crippen LogP contribution is 2.29. The summed E-state index contributed by atoms with van der Waals surface area (Å²) in [7, 11) is 0. The Kier molecular flexibility index (Phi) is 3.96. The lowest BCUT2D eigenvalue weighted by Crippen LogP contribution is -1.93. The lowest BCUT2D eigenvalue weighted by molar-refractivity contribution is -0.385. The minimum absolute atomic E-state index is 0.103. The number of nitrogens with zero attached hydrogens (tertiary/aromatic N) is 2. The molecule has 0 N–H and O–H groups in total. The van der Waals surface area contributed by atoms with Gasteiger partial charge in [-0.25, -0.2) is 4.39 Å². The molecule has 0 spiro atoms. The Balaban J connectivity index is 2.32. The summed E-state index contributed by atoms with van der Waals surface area (Å²) in [6, 6.07) is 9.60. The number of hydrogen-bond donors (Lipinski definition) is 0. The summed E-state index contributed by atoms with van der Waals surface area (Å²) in [6.07, 6.45) is 0. The summed E-state index contributed by atoms with van der Waals surface area (Å²) in [4.78, 5) is 10.1. The van der Waals surface area contributed by atoms with E-state index in [9.17, 15) is 14.5 Å². The van der Waals surface area contributed by atoms with Crippen molar-refractivity contribution in [2.45, 2.75) is 0 Å². The smallest absolute Gasteiger partial charge is 0.287 e. The number of benzene rings is 2. The molecule has 20 heavy (non-hydrogen) atoms. The van der Waals surface area contributed by atoms with Crippen LogP contribution in [0.2, 0.25) is 0 Å². The number of nitro groups is 1. The van der Waals surface area contributed by atoms with E-state index in [0.29, 0.717) is 5.75 Å². The largest absolute Gasteiger partial charge is 0.457 e. The van der Waals surface area contributed by atoms with E-state index in [-0.39, 0.29) is 21.5 Å². The third-order valence-electron chi connectivity index (χ3n) is 2.41. The summed E-state index contributed by atoms with van der Waals surface area (Å²) in [5, 5.41) is 19.6. The van der Waals surface area contributed by atoms with Crippen molar-refractivity contribution in [1.82, 2.24) is 0 Å². The lowest BCUT2D eigenvalue weighted by Gasteiger charge is -2.06. The summed E-state index contributed by atoms with van der Waals surface area (Å²) in [5.74, 6) is 0.167. The Labute approximate surface area is 121 Å². The molecule has 7 heteroatoms. The molecular formula is C13H6BrFN2O3. The monoisotopic (exact) mass is 336 g/mol. The topological polar surface area (TPSA) is 76.2 Å². The van der Waals surface area contributed by atoms with Crippen LogP contribution in [0.3, 0.4) is 0 Å². The second kappa shape index (κ2) is 5.67. The molecule has 2 rings (SSSR count). The van der Waals surface area contributed by atoms with Crippen LogP contribution >= 0.6 is 15.9 Å². The summed E-state index contributed by atoms with van der Waals surface area (Å²) < 4.78 is 18.7. The molecule has 2 aromatic rings. The Morgan fingerprint density at radius 3 is 2.50 bits per heavy atom. The van der Waals surface area contributed by atoms with E-state index < -0.39 is 10.7 Å². The first-order valence-electron chi connectivity index (χ1n) is 5.32. The summed E-state index contributed by atoms with van der Waals surface area (Å²) in [5.41, 5.74) is -0.395. The van der Waals surface area contributed by atoms with Crippen LogP contribution in [-0.2, 0) is 0 Å². The molecule has 0 bridgehead atoms. The van der Waals surface area contributed by atoms with Gasteiger partial charge in [0.05, 0.1) is 9.40 Å². The first kappa shape index (κ1) is 14.0. The first-order chi connectivity index (χ1) is 9.51. The van der Waals surface area contributed by atoms with Crippen molar-refractivity contribution in [2.75, 3.05) is 0 Å². The van der Waals surface area contributed by atoms with Crippen LogP contribution in [0.4, 0.5) is 10.1 Å². The van der Waals surface area contributed by atoms with Crippen molar-refractivity contribution in [1.29, 1.82) is 5.26 Å². The molecule has 5 nitrogen and oxygen atoms in total. The maximum atomic E-state index is 13.1. The van der Waals surface area contributed by atoms with Crippen molar-refractivity contribution in [3.8, 4) is 17.6 Å². The fourth-order valence-electron chi connectivity index (χ4n) is 1.50. The van der Waals surface area contributed by atoms with Gasteiger partial charge in [-0.15, -0.1) is 0 Å². The second-order valence-electron chi connectivity index (χ2n) is 3.73. The predicted octanol–water partition coefficient (Wildman–Crippen LogP) is 4.16. The molecule has 0 atom stereocenters. The number of hydrogen-bond acceptors (Lipinski definition) is 4. The maximum Gasteiger partial charge on any atom is 0.287 e. The second-order valence-corrected chi connectivity index (χ2v) is 4.58. The average molecular weight is 337 g/mol. The molecule has 0 fully saturated rings. The summed E-state index contributed by atoms with van der Waals surface area (Å²) in [6.45, 7) is 0. The highest BCUT2D eigenvalue weighted by atomic mass is 79.9. The zero-order chi connectivity index (χ0) is 14.7. The SMILES string of the molecule is N#Cc1cc(Oc2ccc(F)c(Br)c2)ccc1[N+](=O)[O-]. The summed E-state index contributed by atoms with van der Waals surface area (Å²) >= 11 is 3.02. The van der Waals surface area contributed by atoms with E-state index in [1.807, 2.05) is 0 Å². The van der Waals surface area contributed by atoms with Crippen LogP contribution in [-0.4, -0.2) is 4.92 Å². The van der Waals surface area contributed by atoms with Gasteiger partial charge in [0.25, 0.3) is 5.69 Å². The normalized spacial score (nSPS) is 9.85. The molecule has 0 aliphatic carbocycles. The lowest BCUT2D eigenvalue weighted by atomic mass is 10.2. The van der Waals surface area contributed by atoms with E-state index in [4.69, 9.17) is 10.00 Å². The van der Waals surface area contributed by atoms with Gasteiger partial charge in [0.2, 0.25) is 0 Å². The number of halogens is 2. The van der Waals surface area contributed by atoms with E-state index in [2.05, 4.69) is 15.9 Å². The standard InChI is InChI=1S/C13H6BrFN2O3/c14-11-6-10(1-3-12(11)15)20-9-2-4-13(17(18)19)8(5-9)7-16/h1-6H. The third kappa shape index (κ3) is 2.92. The van der Waals surface area contributed by atoms with Gasteiger partial charge in [-0.3, -0.25) is 10.1 Å². The quantitative estimate of drug-likeness (QED) is 0.622. The van der Waals surface area contributed by atoms with Gasteiger partial charge in [-0.2, -0.15) is 5.26 Å². The van der Waals surface area contributed by atoms with Crippen LogP contribution in [0.5, 0.6) is 11.5 Å². The van der Waals surface area contributed by atoms with Gasteiger partial charge < -0.3 is 4.74 Å². The van der Waals surface area contributed by atoms with Crippen LogP contribution < -0.4 is 4.74 Å². The fraction of sp³-hybridized carbons (Fsp3) is 0. The van der Waals surface area contributed by atoms with E-state index in [1.165, 1.54) is 36.4 Å². The number of nitriles is 1. The van der Waals surface area contributed by atoms with E-state index >= 15 is 0 Å². The molecule has 2 aromatic carbocycles. The molecule has 0 aliphatic rings.